The first-order chi connectivity index (χ1) is 10.7. The first kappa shape index (κ1) is 16.9. The standard InChI is InChI=1S/C19H29NO3/c1-15(16-9-7-6-8-10-16)23-20-17(2,3)13-19(14-18(20,4)5)21-11-12-22-19/h6-10,15H,11-14H2,1-5H3. The van der Waals surface area contributed by atoms with Crippen molar-refractivity contribution in [2.45, 2.75) is 70.4 Å². The monoisotopic (exact) mass is 319 g/mol. The number of ether oxygens (including phenoxy) is 2. The van der Waals surface area contributed by atoms with E-state index in [1.807, 2.05) is 6.07 Å². The lowest BCUT2D eigenvalue weighted by Crippen LogP contribution is -2.65. The molecule has 2 heterocycles. The van der Waals surface area contributed by atoms with Gasteiger partial charge in [-0.25, -0.2) is 0 Å². The molecule has 0 saturated carbocycles. The third-order valence-electron chi connectivity index (χ3n) is 4.85. The lowest BCUT2D eigenvalue weighted by atomic mass is 9.78. The molecule has 23 heavy (non-hydrogen) atoms. The topological polar surface area (TPSA) is 30.9 Å². The molecule has 3 rings (SSSR count). The minimum Gasteiger partial charge on any atom is -0.347 e. The van der Waals surface area contributed by atoms with E-state index in [9.17, 15) is 0 Å². The average molecular weight is 319 g/mol. The van der Waals surface area contributed by atoms with E-state index < -0.39 is 5.79 Å². The van der Waals surface area contributed by atoms with E-state index in [4.69, 9.17) is 14.3 Å². The molecule has 1 aromatic rings. The van der Waals surface area contributed by atoms with Crippen LogP contribution in [-0.4, -0.2) is 35.1 Å². The highest BCUT2D eigenvalue weighted by molar-refractivity contribution is 5.17. The number of hydrogen-bond acceptors (Lipinski definition) is 4. The van der Waals surface area contributed by atoms with Crippen LogP contribution < -0.4 is 0 Å². The molecule has 2 saturated heterocycles. The minimum absolute atomic E-state index is 0.00853. The minimum atomic E-state index is -0.456. The Hall–Kier alpha value is -0.940. The highest BCUT2D eigenvalue weighted by Crippen LogP contribution is 2.48. The first-order valence-corrected chi connectivity index (χ1v) is 8.54. The van der Waals surface area contributed by atoms with E-state index in [2.05, 4.69) is 63.9 Å². The van der Waals surface area contributed by atoms with Crippen LogP contribution in [0.4, 0.5) is 0 Å². The van der Waals surface area contributed by atoms with Gasteiger partial charge in [-0.15, -0.1) is 0 Å². The van der Waals surface area contributed by atoms with Gasteiger partial charge >= 0.3 is 0 Å². The van der Waals surface area contributed by atoms with Gasteiger partial charge in [0.25, 0.3) is 0 Å². The van der Waals surface area contributed by atoms with Gasteiger partial charge in [0.15, 0.2) is 5.79 Å². The lowest BCUT2D eigenvalue weighted by Gasteiger charge is -2.56. The van der Waals surface area contributed by atoms with Gasteiger partial charge in [-0.05, 0) is 40.2 Å². The molecular formula is C19H29NO3. The number of hydrogen-bond donors (Lipinski definition) is 0. The second kappa shape index (κ2) is 5.85. The first-order valence-electron chi connectivity index (χ1n) is 8.54. The summed E-state index contributed by atoms with van der Waals surface area (Å²) >= 11 is 0. The predicted molar refractivity (Wildman–Crippen MR) is 89.8 cm³/mol. The Labute approximate surface area is 139 Å². The summed E-state index contributed by atoms with van der Waals surface area (Å²) in [5.74, 6) is -0.456. The number of hydroxylamine groups is 2. The Morgan fingerprint density at radius 2 is 1.48 bits per heavy atom. The van der Waals surface area contributed by atoms with Gasteiger partial charge in [0, 0.05) is 23.9 Å². The van der Waals surface area contributed by atoms with E-state index in [0.717, 1.165) is 12.8 Å². The summed E-state index contributed by atoms with van der Waals surface area (Å²) in [7, 11) is 0. The van der Waals surface area contributed by atoms with Crippen molar-refractivity contribution in [1.29, 1.82) is 0 Å². The van der Waals surface area contributed by atoms with Gasteiger partial charge < -0.3 is 9.47 Å². The van der Waals surface area contributed by atoms with Crippen molar-refractivity contribution in [3.05, 3.63) is 35.9 Å². The van der Waals surface area contributed by atoms with Crippen LogP contribution in [0.1, 0.15) is 59.1 Å². The van der Waals surface area contributed by atoms with Crippen LogP contribution in [0.25, 0.3) is 0 Å². The molecule has 0 aliphatic carbocycles. The van der Waals surface area contributed by atoms with Crippen molar-refractivity contribution in [1.82, 2.24) is 5.06 Å². The van der Waals surface area contributed by atoms with Crippen molar-refractivity contribution in [3.8, 4) is 0 Å². The van der Waals surface area contributed by atoms with Crippen LogP contribution >= 0.6 is 0 Å². The Bertz CT molecular complexity index is 515. The van der Waals surface area contributed by atoms with Gasteiger partial charge in [0.05, 0.1) is 13.2 Å². The molecule has 1 spiro atoms. The van der Waals surface area contributed by atoms with Gasteiger partial charge in [-0.3, -0.25) is 4.84 Å². The fourth-order valence-corrected chi connectivity index (χ4v) is 4.27. The molecule has 4 nitrogen and oxygen atoms in total. The summed E-state index contributed by atoms with van der Waals surface area (Å²) in [6.45, 7) is 12.3. The average Bonchev–Trinajstić information content (AvgIpc) is 2.90. The maximum absolute atomic E-state index is 6.43. The van der Waals surface area contributed by atoms with Crippen LogP contribution in [0, 0.1) is 0 Å². The van der Waals surface area contributed by atoms with Crippen LogP contribution in [-0.2, 0) is 14.3 Å². The van der Waals surface area contributed by atoms with Crippen molar-refractivity contribution in [3.63, 3.8) is 0 Å². The van der Waals surface area contributed by atoms with Crippen LogP contribution in [0.15, 0.2) is 30.3 Å². The number of benzene rings is 1. The van der Waals surface area contributed by atoms with E-state index in [1.54, 1.807) is 0 Å². The summed E-state index contributed by atoms with van der Waals surface area (Å²) in [6.07, 6.45) is 1.63. The Morgan fingerprint density at radius 3 is 2.00 bits per heavy atom. The summed E-state index contributed by atoms with van der Waals surface area (Å²) in [4.78, 5) is 6.43. The molecule has 0 aromatic heterocycles. The zero-order chi connectivity index (χ0) is 16.7. The van der Waals surface area contributed by atoms with Crippen LogP contribution in [0.5, 0.6) is 0 Å². The summed E-state index contributed by atoms with van der Waals surface area (Å²) < 4.78 is 12.0. The fourth-order valence-electron chi connectivity index (χ4n) is 4.27. The second-order valence-corrected chi connectivity index (χ2v) is 8.04. The van der Waals surface area contributed by atoms with Gasteiger partial charge in [0.1, 0.15) is 6.10 Å². The smallest absolute Gasteiger partial charge is 0.172 e. The predicted octanol–water partition coefficient (Wildman–Crippen LogP) is 4.08. The highest BCUT2D eigenvalue weighted by atomic mass is 16.7. The van der Waals surface area contributed by atoms with E-state index in [0.29, 0.717) is 13.2 Å². The SMILES string of the molecule is CC(ON1C(C)(C)CC2(CC1(C)C)OCCO2)c1ccccc1. The molecule has 128 valence electrons. The maximum atomic E-state index is 6.43. The van der Waals surface area contributed by atoms with Crippen molar-refractivity contribution in [2.75, 3.05) is 13.2 Å². The Morgan fingerprint density at radius 1 is 0.957 bits per heavy atom. The Kier molecular flexibility index (Phi) is 4.30. The fraction of sp³-hybridized carbons (Fsp3) is 0.684. The number of piperidine rings is 1. The van der Waals surface area contributed by atoms with Crippen molar-refractivity contribution >= 4 is 0 Å². The molecule has 2 aliphatic heterocycles. The molecule has 2 fully saturated rings. The second-order valence-electron chi connectivity index (χ2n) is 8.04. The lowest BCUT2D eigenvalue weighted by molar-refractivity contribution is -0.349. The quantitative estimate of drug-likeness (QED) is 0.840. The highest BCUT2D eigenvalue weighted by Gasteiger charge is 2.56. The van der Waals surface area contributed by atoms with Crippen molar-refractivity contribution in [2.24, 2.45) is 0 Å². The van der Waals surface area contributed by atoms with Crippen LogP contribution in [0.3, 0.4) is 0 Å². The molecule has 2 aliphatic rings. The summed E-state index contributed by atoms with van der Waals surface area (Å²) in [5, 5.41) is 2.16. The molecule has 0 amide bonds. The Balaban J connectivity index is 1.81. The summed E-state index contributed by atoms with van der Waals surface area (Å²) in [6, 6.07) is 10.4. The van der Waals surface area contributed by atoms with Crippen molar-refractivity contribution < 1.29 is 14.3 Å². The normalized spacial score (nSPS) is 27.2. The molecule has 0 radical (unpaired) electrons. The molecule has 4 heteroatoms. The molecule has 1 atom stereocenters. The maximum Gasteiger partial charge on any atom is 0.172 e. The summed E-state index contributed by atoms with van der Waals surface area (Å²) in [5.41, 5.74) is 0.845. The van der Waals surface area contributed by atoms with Gasteiger partial charge in [-0.1, -0.05) is 30.3 Å². The van der Waals surface area contributed by atoms with E-state index in [-0.39, 0.29) is 17.2 Å². The van der Waals surface area contributed by atoms with E-state index >= 15 is 0 Å². The molecule has 0 N–H and O–H groups in total. The molecular weight excluding hydrogens is 290 g/mol. The number of nitrogens with zero attached hydrogens (tertiary/aromatic N) is 1. The third-order valence-corrected chi connectivity index (χ3v) is 4.85. The molecule has 0 bridgehead atoms. The molecule has 1 unspecified atom stereocenters. The van der Waals surface area contributed by atoms with E-state index in [1.165, 1.54) is 5.56 Å². The van der Waals surface area contributed by atoms with Crippen LogP contribution in [0.2, 0.25) is 0 Å². The van der Waals surface area contributed by atoms with Gasteiger partial charge in [-0.2, -0.15) is 5.06 Å². The zero-order valence-corrected chi connectivity index (χ0v) is 15.0. The van der Waals surface area contributed by atoms with Gasteiger partial charge in [0.2, 0.25) is 0 Å². The third kappa shape index (κ3) is 3.31. The number of rotatable bonds is 3. The largest absolute Gasteiger partial charge is 0.347 e. The zero-order valence-electron chi connectivity index (χ0n) is 15.0. The molecule has 1 aromatic carbocycles.